The molecule has 0 bridgehead atoms. The Balaban J connectivity index is 1.95. The Morgan fingerprint density at radius 3 is 2.90 bits per heavy atom. The summed E-state index contributed by atoms with van der Waals surface area (Å²) in [5.74, 6) is 0.494. The maximum Gasteiger partial charge on any atom is 0.0505 e. The number of fused-ring (bicyclic) bond motifs is 1. The van der Waals surface area contributed by atoms with E-state index in [4.69, 9.17) is 0 Å². The smallest absolute Gasteiger partial charge is 0.0505 e. The number of rotatable bonds is 4. The number of thioether (sulfide) groups is 1. The molecule has 1 heteroatoms. The lowest BCUT2D eigenvalue weighted by Crippen LogP contribution is -2.08. The summed E-state index contributed by atoms with van der Waals surface area (Å²) in [7, 11) is 0. The molecule has 20 heavy (non-hydrogen) atoms. The van der Waals surface area contributed by atoms with E-state index < -0.39 is 0 Å². The molecule has 1 heterocycles. The van der Waals surface area contributed by atoms with Gasteiger partial charge >= 0.3 is 0 Å². The Morgan fingerprint density at radius 2 is 2.15 bits per heavy atom. The van der Waals surface area contributed by atoms with Crippen LogP contribution in [0.25, 0.3) is 0 Å². The van der Waals surface area contributed by atoms with Crippen LogP contribution in [0.3, 0.4) is 0 Å². The lowest BCUT2D eigenvalue weighted by Gasteiger charge is -2.15. The highest BCUT2D eigenvalue weighted by Gasteiger charge is 2.32. The van der Waals surface area contributed by atoms with Gasteiger partial charge in [0.05, 0.1) is 5.25 Å². The second kappa shape index (κ2) is 5.65. The van der Waals surface area contributed by atoms with Crippen molar-refractivity contribution in [3.05, 3.63) is 69.7 Å². The molecule has 0 aromatic carbocycles. The zero-order valence-corrected chi connectivity index (χ0v) is 13.3. The van der Waals surface area contributed by atoms with Crippen LogP contribution in [-0.4, -0.2) is 5.25 Å². The fourth-order valence-electron chi connectivity index (χ4n) is 3.11. The fourth-order valence-corrected chi connectivity index (χ4v) is 4.61. The average Bonchev–Trinajstić information content (AvgIpc) is 3.04. The predicted molar refractivity (Wildman–Crippen MR) is 90.7 cm³/mol. The first-order chi connectivity index (χ1) is 9.69. The van der Waals surface area contributed by atoms with Gasteiger partial charge in [0.2, 0.25) is 0 Å². The maximum absolute atomic E-state index is 2.47. The summed E-state index contributed by atoms with van der Waals surface area (Å²) in [6.07, 6.45) is 18.8. The Labute approximate surface area is 126 Å². The second-order valence-corrected chi connectivity index (χ2v) is 7.10. The van der Waals surface area contributed by atoms with Crippen LogP contribution < -0.4 is 0 Å². The fraction of sp³-hybridized carbons (Fsp3) is 0.368. The van der Waals surface area contributed by atoms with Crippen molar-refractivity contribution in [3.63, 3.8) is 0 Å². The zero-order chi connectivity index (χ0) is 14.1. The number of hydrogen-bond acceptors (Lipinski definition) is 1. The molecule has 1 aliphatic heterocycles. The Bertz CT molecular complexity index is 589. The van der Waals surface area contributed by atoms with Crippen molar-refractivity contribution in [3.8, 4) is 0 Å². The van der Waals surface area contributed by atoms with Crippen LogP contribution >= 0.6 is 11.8 Å². The van der Waals surface area contributed by atoms with E-state index in [1.54, 1.807) is 5.57 Å². The molecule has 0 fully saturated rings. The van der Waals surface area contributed by atoms with Crippen LogP contribution in [0.4, 0.5) is 0 Å². The third kappa shape index (κ3) is 2.52. The zero-order valence-electron chi connectivity index (χ0n) is 12.5. The first-order valence-electron chi connectivity index (χ1n) is 7.52. The summed E-state index contributed by atoms with van der Waals surface area (Å²) < 4.78 is 0. The number of hydrogen-bond donors (Lipinski definition) is 0. The van der Waals surface area contributed by atoms with E-state index in [2.05, 4.69) is 63.3 Å². The Morgan fingerprint density at radius 1 is 1.30 bits per heavy atom. The summed E-state index contributed by atoms with van der Waals surface area (Å²) in [5, 5.41) is 0.512. The first-order valence-corrected chi connectivity index (χ1v) is 8.40. The molecule has 2 aliphatic carbocycles. The van der Waals surface area contributed by atoms with Gasteiger partial charge in [-0.25, -0.2) is 0 Å². The van der Waals surface area contributed by atoms with Gasteiger partial charge in [0.1, 0.15) is 0 Å². The molecule has 2 unspecified atom stereocenters. The van der Waals surface area contributed by atoms with Gasteiger partial charge in [0.25, 0.3) is 0 Å². The second-order valence-electron chi connectivity index (χ2n) is 5.92. The lowest BCUT2D eigenvalue weighted by atomic mass is 9.91. The molecule has 2 atom stereocenters. The van der Waals surface area contributed by atoms with Crippen LogP contribution in [0.5, 0.6) is 0 Å². The summed E-state index contributed by atoms with van der Waals surface area (Å²) in [5.41, 5.74) is 5.97. The van der Waals surface area contributed by atoms with Gasteiger partial charge in [-0.05, 0) is 37.5 Å². The van der Waals surface area contributed by atoms with E-state index in [9.17, 15) is 0 Å². The van der Waals surface area contributed by atoms with E-state index >= 15 is 0 Å². The average molecular weight is 282 g/mol. The SMILES string of the molecule is CCCC1=CC(C2=C3C=CC=C3SC2C=C(C)C)C=C1. The van der Waals surface area contributed by atoms with Crippen molar-refractivity contribution < 1.29 is 0 Å². The van der Waals surface area contributed by atoms with Gasteiger partial charge in [-0.15, -0.1) is 11.8 Å². The Hall–Kier alpha value is -1.21. The van der Waals surface area contributed by atoms with E-state index in [1.807, 2.05) is 11.8 Å². The highest BCUT2D eigenvalue weighted by molar-refractivity contribution is 8.04. The molecule has 0 saturated carbocycles. The normalized spacial score (nSPS) is 26.9. The third-order valence-corrected chi connectivity index (χ3v) is 5.20. The van der Waals surface area contributed by atoms with Gasteiger partial charge in [-0.3, -0.25) is 0 Å². The van der Waals surface area contributed by atoms with Crippen molar-refractivity contribution >= 4 is 11.8 Å². The highest BCUT2D eigenvalue weighted by atomic mass is 32.2. The van der Waals surface area contributed by atoms with Crippen molar-refractivity contribution in [2.24, 2.45) is 5.92 Å². The molecular formula is C19H22S. The summed E-state index contributed by atoms with van der Waals surface area (Å²) in [6.45, 7) is 6.65. The molecule has 0 aromatic rings. The van der Waals surface area contributed by atoms with E-state index in [0.29, 0.717) is 11.2 Å². The van der Waals surface area contributed by atoms with Crippen LogP contribution in [0.1, 0.15) is 33.6 Å². The van der Waals surface area contributed by atoms with Gasteiger partial charge in [-0.1, -0.05) is 60.9 Å². The van der Waals surface area contributed by atoms with E-state index in [-0.39, 0.29) is 0 Å². The van der Waals surface area contributed by atoms with Gasteiger partial charge in [0.15, 0.2) is 0 Å². The molecule has 0 spiro atoms. The van der Waals surface area contributed by atoms with Crippen molar-refractivity contribution in [1.82, 2.24) is 0 Å². The summed E-state index contributed by atoms with van der Waals surface area (Å²) in [6, 6.07) is 0. The standard InChI is InChI=1S/C19H22S/c1-4-6-14-9-10-15(12-14)19-16-7-5-8-17(16)20-18(19)11-13(2)3/h5,7-12,15,18H,4,6H2,1-3H3. The minimum atomic E-state index is 0.494. The van der Waals surface area contributed by atoms with Crippen LogP contribution in [0, 0.1) is 5.92 Å². The van der Waals surface area contributed by atoms with Crippen LogP contribution in [-0.2, 0) is 0 Å². The minimum Gasteiger partial charge on any atom is -0.113 e. The molecule has 0 N–H and O–H groups in total. The largest absolute Gasteiger partial charge is 0.113 e. The molecule has 0 saturated heterocycles. The topological polar surface area (TPSA) is 0 Å². The minimum absolute atomic E-state index is 0.494. The van der Waals surface area contributed by atoms with E-state index in [1.165, 1.54) is 34.5 Å². The van der Waals surface area contributed by atoms with Crippen molar-refractivity contribution in [2.45, 2.75) is 38.9 Å². The quantitative estimate of drug-likeness (QED) is 0.593. The van der Waals surface area contributed by atoms with Gasteiger partial charge in [-0.2, -0.15) is 0 Å². The van der Waals surface area contributed by atoms with Crippen molar-refractivity contribution in [2.75, 3.05) is 0 Å². The highest BCUT2D eigenvalue weighted by Crippen LogP contribution is 2.49. The van der Waals surface area contributed by atoms with Gasteiger partial charge < -0.3 is 0 Å². The molecule has 3 rings (SSSR count). The molecule has 0 amide bonds. The Kier molecular flexibility index (Phi) is 3.89. The van der Waals surface area contributed by atoms with Crippen molar-refractivity contribution in [1.29, 1.82) is 0 Å². The molecule has 0 nitrogen and oxygen atoms in total. The monoisotopic (exact) mass is 282 g/mol. The van der Waals surface area contributed by atoms with Crippen LogP contribution in [0.15, 0.2) is 69.7 Å². The first kappa shape index (κ1) is 13.8. The van der Waals surface area contributed by atoms with E-state index in [0.717, 1.165) is 0 Å². The third-order valence-electron chi connectivity index (χ3n) is 3.94. The molecule has 0 aromatic heterocycles. The van der Waals surface area contributed by atoms with Crippen LogP contribution in [0.2, 0.25) is 0 Å². The molecule has 3 aliphatic rings. The molecule has 104 valence electrons. The number of allylic oxidation sites excluding steroid dienone is 9. The lowest BCUT2D eigenvalue weighted by molar-refractivity contribution is 0.903. The maximum atomic E-state index is 2.47. The predicted octanol–water partition coefficient (Wildman–Crippen LogP) is 5.73. The van der Waals surface area contributed by atoms with Gasteiger partial charge in [0, 0.05) is 10.8 Å². The molecule has 0 radical (unpaired) electrons. The summed E-state index contributed by atoms with van der Waals surface area (Å²) in [4.78, 5) is 1.45. The molecular weight excluding hydrogens is 260 g/mol. The summed E-state index contributed by atoms with van der Waals surface area (Å²) >= 11 is 2.00.